The van der Waals surface area contributed by atoms with E-state index < -0.39 is 6.04 Å². The molecule has 70 valence electrons. The van der Waals surface area contributed by atoms with Gasteiger partial charge < -0.3 is 10.2 Å². The molecule has 5 heteroatoms. The Balaban J connectivity index is 2.51. The number of nitriles is 1. The summed E-state index contributed by atoms with van der Waals surface area (Å²) in [5.74, 6) is 1.32. The van der Waals surface area contributed by atoms with Gasteiger partial charge in [-0.2, -0.15) is 5.26 Å². The van der Waals surface area contributed by atoms with Crippen LogP contribution in [0.2, 0.25) is 0 Å². The molecule has 1 aromatic rings. The zero-order chi connectivity index (χ0) is 9.84. The molecule has 0 radical (unpaired) electrons. The van der Waals surface area contributed by atoms with Gasteiger partial charge in [0, 0.05) is 5.75 Å². The highest BCUT2D eigenvalue weighted by Crippen LogP contribution is 2.20. The molecule has 0 amide bonds. The third-order valence-corrected chi connectivity index (χ3v) is 2.51. The number of nitrogens with zero attached hydrogens (tertiary/aromatic N) is 2. The van der Waals surface area contributed by atoms with Gasteiger partial charge in [0.05, 0.1) is 11.8 Å². The van der Waals surface area contributed by atoms with Crippen LogP contribution < -0.4 is 5.73 Å². The van der Waals surface area contributed by atoms with E-state index in [-0.39, 0.29) is 0 Å². The highest BCUT2D eigenvalue weighted by atomic mass is 32.2. The first-order valence-electron chi connectivity index (χ1n) is 3.85. The van der Waals surface area contributed by atoms with Crippen LogP contribution in [-0.2, 0) is 0 Å². The number of rotatable bonds is 3. The Morgan fingerprint density at radius 2 is 2.38 bits per heavy atom. The summed E-state index contributed by atoms with van der Waals surface area (Å²) in [5.41, 5.74) is 6.30. The van der Waals surface area contributed by atoms with E-state index in [0.29, 0.717) is 11.0 Å². The molecule has 0 aliphatic heterocycles. The number of aromatic nitrogens is 1. The topological polar surface area (TPSA) is 75.8 Å². The molecule has 0 aromatic carbocycles. The summed E-state index contributed by atoms with van der Waals surface area (Å²) >= 11 is 1.36. The normalized spacial score (nSPS) is 12.5. The van der Waals surface area contributed by atoms with E-state index in [0.717, 1.165) is 11.5 Å². The predicted octanol–water partition coefficient (Wildman–Crippen LogP) is 1.23. The molecule has 1 unspecified atom stereocenters. The van der Waals surface area contributed by atoms with Crippen LogP contribution >= 0.6 is 11.8 Å². The molecule has 0 aliphatic carbocycles. The molecule has 0 fully saturated rings. The van der Waals surface area contributed by atoms with Crippen LogP contribution in [0.3, 0.4) is 0 Å². The SMILES string of the molecule is Cc1nc(SCC(N)C#N)oc1C. The largest absolute Gasteiger partial charge is 0.437 e. The van der Waals surface area contributed by atoms with Crippen molar-refractivity contribution in [3.05, 3.63) is 11.5 Å². The fourth-order valence-electron chi connectivity index (χ4n) is 0.703. The van der Waals surface area contributed by atoms with E-state index in [1.165, 1.54) is 11.8 Å². The molecule has 1 rings (SSSR count). The third kappa shape index (κ3) is 2.76. The van der Waals surface area contributed by atoms with Crippen molar-refractivity contribution in [1.29, 1.82) is 5.26 Å². The fourth-order valence-corrected chi connectivity index (χ4v) is 1.49. The quantitative estimate of drug-likeness (QED) is 0.737. The van der Waals surface area contributed by atoms with Crippen LogP contribution in [0.1, 0.15) is 11.5 Å². The third-order valence-electron chi connectivity index (χ3n) is 1.56. The zero-order valence-corrected chi connectivity index (χ0v) is 8.39. The van der Waals surface area contributed by atoms with Crippen molar-refractivity contribution in [1.82, 2.24) is 4.98 Å². The smallest absolute Gasteiger partial charge is 0.256 e. The maximum absolute atomic E-state index is 8.43. The minimum atomic E-state index is -0.461. The van der Waals surface area contributed by atoms with Crippen LogP contribution in [0.5, 0.6) is 0 Å². The van der Waals surface area contributed by atoms with Gasteiger partial charge in [-0.3, -0.25) is 0 Å². The lowest BCUT2D eigenvalue weighted by Gasteiger charge is -1.97. The number of nitrogens with two attached hydrogens (primary N) is 1. The Kier molecular flexibility index (Phi) is 3.34. The first kappa shape index (κ1) is 10.1. The molecule has 1 atom stereocenters. The zero-order valence-electron chi connectivity index (χ0n) is 7.57. The summed E-state index contributed by atoms with van der Waals surface area (Å²) in [6.07, 6.45) is 0. The van der Waals surface area contributed by atoms with Gasteiger partial charge in [0.1, 0.15) is 11.8 Å². The van der Waals surface area contributed by atoms with E-state index >= 15 is 0 Å². The van der Waals surface area contributed by atoms with Gasteiger partial charge >= 0.3 is 0 Å². The van der Waals surface area contributed by atoms with E-state index in [4.69, 9.17) is 15.4 Å². The van der Waals surface area contributed by atoms with Crippen LogP contribution in [0, 0.1) is 25.2 Å². The van der Waals surface area contributed by atoms with Crippen molar-refractivity contribution in [2.24, 2.45) is 5.73 Å². The van der Waals surface area contributed by atoms with Gasteiger partial charge in [0.2, 0.25) is 0 Å². The summed E-state index contributed by atoms with van der Waals surface area (Å²) in [6.45, 7) is 3.74. The van der Waals surface area contributed by atoms with E-state index in [9.17, 15) is 0 Å². The summed E-state index contributed by atoms with van der Waals surface area (Å²) < 4.78 is 5.30. The Labute approximate surface area is 81.1 Å². The van der Waals surface area contributed by atoms with Crippen LogP contribution in [-0.4, -0.2) is 16.8 Å². The number of thioether (sulfide) groups is 1. The second-order valence-corrected chi connectivity index (χ2v) is 3.64. The number of aryl methyl sites for hydroxylation is 2. The standard InChI is InChI=1S/C8H11N3OS/c1-5-6(2)12-8(11-5)13-4-7(10)3-9/h7H,4,10H2,1-2H3. The summed E-state index contributed by atoms with van der Waals surface area (Å²) in [6, 6.07) is 1.48. The second-order valence-electron chi connectivity index (χ2n) is 2.67. The monoisotopic (exact) mass is 197 g/mol. The molecular weight excluding hydrogens is 186 g/mol. The van der Waals surface area contributed by atoms with E-state index in [1.54, 1.807) is 0 Å². The van der Waals surface area contributed by atoms with Crippen LogP contribution in [0.15, 0.2) is 9.64 Å². The van der Waals surface area contributed by atoms with Gasteiger partial charge in [0.25, 0.3) is 5.22 Å². The Hall–Kier alpha value is -0.990. The predicted molar refractivity (Wildman–Crippen MR) is 50.3 cm³/mol. The maximum atomic E-state index is 8.43. The second kappa shape index (κ2) is 4.30. The molecule has 0 spiro atoms. The van der Waals surface area contributed by atoms with E-state index in [1.807, 2.05) is 19.9 Å². The van der Waals surface area contributed by atoms with Gasteiger partial charge in [-0.05, 0) is 13.8 Å². The van der Waals surface area contributed by atoms with Gasteiger partial charge in [-0.15, -0.1) is 0 Å². The van der Waals surface area contributed by atoms with Crippen molar-refractivity contribution in [3.63, 3.8) is 0 Å². The summed E-state index contributed by atoms with van der Waals surface area (Å²) in [5, 5.41) is 9.02. The lowest BCUT2D eigenvalue weighted by atomic mass is 10.4. The van der Waals surface area contributed by atoms with Gasteiger partial charge in [0.15, 0.2) is 0 Å². The molecule has 1 heterocycles. The first-order valence-corrected chi connectivity index (χ1v) is 4.84. The molecule has 0 saturated heterocycles. The van der Waals surface area contributed by atoms with Crippen molar-refractivity contribution < 1.29 is 4.42 Å². The minimum Gasteiger partial charge on any atom is -0.437 e. The maximum Gasteiger partial charge on any atom is 0.256 e. The van der Waals surface area contributed by atoms with Crippen LogP contribution in [0.25, 0.3) is 0 Å². The lowest BCUT2D eigenvalue weighted by Crippen LogP contribution is -2.19. The Bertz CT molecular complexity index is 309. The first-order chi connectivity index (χ1) is 6.13. The molecule has 2 N–H and O–H groups in total. The highest BCUT2D eigenvalue weighted by molar-refractivity contribution is 7.99. The molecule has 13 heavy (non-hydrogen) atoms. The Morgan fingerprint density at radius 3 is 2.85 bits per heavy atom. The van der Waals surface area contributed by atoms with Crippen molar-refractivity contribution in [3.8, 4) is 6.07 Å². The molecule has 0 aliphatic rings. The molecule has 1 aromatic heterocycles. The van der Waals surface area contributed by atoms with Crippen molar-refractivity contribution in [2.75, 3.05) is 5.75 Å². The molecule has 4 nitrogen and oxygen atoms in total. The number of hydrogen-bond acceptors (Lipinski definition) is 5. The van der Waals surface area contributed by atoms with Gasteiger partial charge in [-0.1, -0.05) is 11.8 Å². The van der Waals surface area contributed by atoms with Crippen molar-refractivity contribution >= 4 is 11.8 Å². The number of hydrogen-bond donors (Lipinski definition) is 1. The van der Waals surface area contributed by atoms with Gasteiger partial charge in [-0.25, -0.2) is 4.98 Å². The molecule has 0 saturated carbocycles. The molecule has 0 bridgehead atoms. The lowest BCUT2D eigenvalue weighted by molar-refractivity contribution is 0.431. The molecular formula is C8H11N3OS. The summed E-state index contributed by atoms with van der Waals surface area (Å²) in [4.78, 5) is 4.15. The highest BCUT2D eigenvalue weighted by Gasteiger charge is 2.08. The van der Waals surface area contributed by atoms with Crippen molar-refractivity contribution in [2.45, 2.75) is 25.1 Å². The average molecular weight is 197 g/mol. The number of oxazole rings is 1. The van der Waals surface area contributed by atoms with Crippen LogP contribution in [0.4, 0.5) is 0 Å². The summed E-state index contributed by atoms with van der Waals surface area (Å²) in [7, 11) is 0. The Morgan fingerprint density at radius 1 is 1.69 bits per heavy atom. The minimum absolute atomic E-state index is 0.461. The average Bonchev–Trinajstić information content (AvgIpc) is 2.42. The van der Waals surface area contributed by atoms with E-state index in [2.05, 4.69) is 4.98 Å². The fraction of sp³-hybridized carbons (Fsp3) is 0.500.